The molecule has 2 rings (SSSR count). The van der Waals surface area contributed by atoms with Gasteiger partial charge in [0.25, 0.3) is 0 Å². The molecular formula is C17H19F2NO3S. The lowest BCUT2D eigenvalue weighted by atomic mass is 9.97. The zero-order valence-electron chi connectivity index (χ0n) is 13.2. The second kappa shape index (κ2) is 7.38. The molecule has 2 N–H and O–H groups in total. The van der Waals surface area contributed by atoms with Crippen LogP contribution < -0.4 is 4.72 Å². The second-order valence-corrected chi connectivity index (χ2v) is 7.62. The molecule has 0 radical (unpaired) electrons. The number of hydrogen-bond donors (Lipinski definition) is 2. The first-order valence-electron chi connectivity index (χ1n) is 7.41. The lowest BCUT2D eigenvalue weighted by molar-refractivity contribution is 0.0565. The van der Waals surface area contributed by atoms with Crippen molar-refractivity contribution < 1.29 is 22.3 Å². The first kappa shape index (κ1) is 18.5. The molecule has 0 aromatic heterocycles. The van der Waals surface area contributed by atoms with Gasteiger partial charge in [-0.15, -0.1) is 0 Å². The molecule has 0 aliphatic heterocycles. The lowest BCUT2D eigenvalue weighted by Gasteiger charge is -2.23. The molecule has 0 saturated heterocycles. The Kier molecular flexibility index (Phi) is 5.69. The molecule has 4 nitrogen and oxygen atoms in total. The van der Waals surface area contributed by atoms with Crippen molar-refractivity contribution in [2.24, 2.45) is 0 Å². The summed E-state index contributed by atoms with van der Waals surface area (Å²) in [6.07, 6.45) is 0.870. The smallest absolute Gasteiger partial charge is 0.243 e. The maximum absolute atomic E-state index is 13.6. The molecule has 2 aromatic rings. The van der Waals surface area contributed by atoms with Crippen LogP contribution in [0.2, 0.25) is 0 Å². The van der Waals surface area contributed by atoms with Gasteiger partial charge in [-0.05, 0) is 43.5 Å². The summed E-state index contributed by atoms with van der Waals surface area (Å²) in [5, 5.41) is 10.3. The molecule has 0 spiro atoms. The highest BCUT2D eigenvalue weighted by Gasteiger charge is 2.26. The number of aryl methyl sites for hydroxylation is 1. The third-order valence-corrected chi connectivity index (χ3v) is 5.04. The van der Waals surface area contributed by atoms with Crippen LogP contribution in [0.3, 0.4) is 0 Å². The molecule has 0 amide bonds. The maximum Gasteiger partial charge on any atom is 0.243 e. The zero-order chi connectivity index (χ0) is 17.8. The van der Waals surface area contributed by atoms with E-state index in [1.807, 2.05) is 30.3 Å². The van der Waals surface area contributed by atoms with Crippen LogP contribution in [0.1, 0.15) is 18.9 Å². The quantitative estimate of drug-likeness (QED) is 0.802. The van der Waals surface area contributed by atoms with Gasteiger partial charge in [-0.3, -0.25) is 0 Å². The van der Waals surface area contributed by atoms with E-state index < -0.39 is 32.2 Å². The van der Waals surface area contributed by atoms with E-state index in [0.717, 1.165) is 17.7 Å². The number of benzene rings is 2. The van der Waals surface area contributed by atoms with Gasteiger partial charge in [0, 0.05) is 6.54 Å². The Balaban J connectivity index is 2.01. The van der Waals surface area contributed by atoms with E-state index in [4.69, 9.17) is 0 Å². The standard InChI is InChI=1S/C17H19F2NO3S/c1-17(21,10-9-13-5-3-2-4-6-13)12-20-24(22,23)16-11-14(18)7-8-15(16)19/h2-8,11,20-21H,9-10,12H2,1H3. The summed E-state index contributed by atoms with van der Waals surface area (Å²) in [6, 6.07) is 11.6. The molecule has 0 aliphatic rings. The van der Waals surface area contributed by atoms with Crippen molar-refractivity contribution in [3.8, 4) is 0 Å². The SMILES string of the molecule is CC(O)(CCc1ccccc1)CNS(=O)(=O)c1cc(F)ccc1F. The maximum atomic E-state index is 13.6. The zero-order valence-corrected chi connectivity index (χ0v) is 14.0. The highest BCUT2D eigenvalue weighted by Crippen LogP contribution is 2.18. The van der Waals surface area contributed by atoms with Crippen molar-refractivity contribution in [3.05, 3.63) is 65.7 Å². The Morgan fingerprint density at radius 3 is 2.46 bits per heavy atom. The minimum Gasteiger partial charge on any atom is -0.389 e. The van der Waals surface area contributed by atoms with Crippen molar-refractivity contribution in [1.82, 2.24) is 4.72 Å². The fourth-order valence-electron chi connectivity index (χ4n) is 2.16. The van der Waals surface area contributed by atoms with Gasteiger partial charge in [0.15, 0.2) is 0 Å². The molecule has 0 fully saturated rings. The largest absolute Gasteiger partial charge is 0.389 e. The van der Waals surface area contributed by atoms with E-state index >= 15 is 0 Å². The van der Waals surface area contributed by atoms with Crippen LogP contribution in [0, 0.1) is 11.6 Å². The van der Waals surface area contributed by atoms with Crippen molar-refractivity contribution in [3.63, 3.8) is 0 Å². The van der Waals surface area contributed by atoms with Gasteiger partial charge in [-0.1, -0.05) is 30.3 Å². The molecule has 0 saturated carbocycles. The summed E-state index contributed by atoms with van der Waals surface area (Å²) in [4.78, 5) is -0.777. The van der Waals surface area contributed by atoms with Gasteiger partial charge in [-0.25, -0.2) is 21.9 Å². The van der Waals surface area contributed by atoms with Crippen molar-refractivity contribution in [2.45, 2.75) is 30.3 Å². The van der Waals surface area contributed by atoms with Gasteiger partial charge >= 0.3 is 0 Å². The lowest BCUT2D eigenvalue weighted by Crippen LogP contribution is -2.41. The average molecular weight is 355 g/mol. The van der Waals surface area contributed by atoms with E-state index in [-0.39, 0.29) is 6.54 Å². The topological polar surface area (TPSA) is 66.4 Å². The first-order chi connectivity index (χ1) is 11.2. The van der Waals surface area contributed by atoms with Gasteiger partial charge in [0.05, 0.1) is 5.60 Å². The fourth-order valence-corrected chi connectivity index (χ4v) is 3.41. The molecule has 1 unspecified atom stereocenters. The minimum atomic E-state index is -4.25. The van der Waals surface area contributed by atoms with E-state index in [2.05, 4.69) is 4.72 Å². The molecule has 2 aromatic carbocycles. The van der Waals surface area contributed by atoms with Gasteiger partial charge in [-0.2, -0.15) is 0 Å². The molecule has 0 bridgehead atoms. The predicted octanol–water partition coefficient (Wildman–Crippen LogP) is 2.63. The summed E-state index contributed by atoms with van der Waals surface area (Å²) in [6.45, 7) is 1.18. The fraction of sp³-hybridized carbons (Fsp3) is 0.294. The number of sulfonamides is 1. The molecular weight excluding hydrogens is 336 g/mol. The van der Waals surface area contributed by atoms with Gasteiger partial charge in [0.1, 0.15) is 16.5 Å². The van der Waals surface area contributed by atoms with Crippen molar-refractivity contribution in [2.75, 3.05) is 6.54 Å². The summed E-state index contributed by atoms with van der Waals surface area (Å²) >= 11 is 0. The second-order valence-electron chi connectivity index (χ2n) is 5.88. The monoisotopic (exact) mass is 355 g/mol. The van der Waals surface area contributed by atoms with Crippen LogP contribution in [0.15, 0.2) is 53.4 Å². The molecule has 7 heteroatoms. The number of halogens is 2. The Morgan fingerprint density at radius 1 is 1.12 bits per heavy atom. The predicted molar refractivity (Wildman–Crippen MR) is 86.9 cm³/mol. The van der Waals surface area contributed by atoms with Crippen molar-refractivity contribution >= 4 is 10.0 Å². The Hall–Kier alpha value is -1.83. The average Bonchev–Trinajstić information content (AvgIpc) is 2.55. The van der Waals surface area contributed by atoms with Gasteiger partial charge < -0.3 is 5.11 Å². The third-order valence-electron chi connectivity index (χ3n) is 3.62. The minimum absolute atomic E-state index is 0.307. The molecule has 130 valence electrons. The summed E-state index contributed by atoms with van der Waals surface area (Å²) in [7, 11) is -4.25. The molecule has 1 atom stereocenters. The highest BCUT2D eigenvalue weighted by molar-refractivity contribution is 7.89. The van der Waals surface area contributed by atoms with Crippen LogP contribution in [0.25, 0.3) is 0 Å². The summed E-state index contributed by atoms with van der Waals surface area (Å²) < 4.78 is 53.1. The van der Waals surface area contributed by atoms with E-state index in [1.54, 1.807) is 0 Å². The molecule has 24 heavy (non-hydrogen) atoms. The number of aliphatic hydroxyl groups is 1. The van der Waals surface area contributed by atoms with E-state index in [9.17, 15) is 22.3 Å². The third kappa shape index (κ3) is 5.09. The van der Waals surface area contributed by atoms with Crippen LogP contribution in [-0.4, -0.2) is 25.7 Å². The van der Waals surface area contributed by atoms with Crippen LogP contribution in [0.5, 0.6) is 0 Å². The van der Waals surface area contributed by atoms with Crippen LogP contribution in [0.4, 0.5) is 8.78 Å². The summed E-state index contributed by atoms with van der Waals surface area (Å²) in [5.41, 5.74) is -0.316. The molecule has 0 aliphatic carbocycles. The van der Waals surface area contributed by atoms with Crippen molar-refractivity contribution in [1.29, 1.82) is 0 Å². The number of rotatable bonds is 7. The van der Waals surface area contributed by atoms with E-state index in [1.165, 1.54) is 6.92 Å². The Labute approximate surface area is 140 Å². The van der Waals surface area contributed by atoms with Gasteiger partial charge in [0.2, 0.25) is 10.0 Å². The number of hydrogen-bond acceptors (Lipinski definition) is 3. The summed E-state index contributed by atoms with van der Waals surface area (Å²) in [5.74, 6) is -1.90. The van der Waals surface area contributed by atoms with Crippen LogP contribution >= 0.6 is 0 Å². The Morgan fingerprint density at radius 2 is 1.79 bits per heavy atom. The highest BCUT2D eigenvalue weighted by atomic mass is 32.2. The first-order valence-corrected chi connectivity index (χ1v) is 8.89. The molecule has 0 heterocycles. The normalized spacial score (nSPS) is 14.3. The Bertz CT molecular complexity index is 793. The van der Waals surface area contributed by atoms with E-state index in [0.29, 0.717) is 18.9 Å². The van der Waals surface area contributed by atoms with Crippen LogP contribution in [-0.2, 0) is 16.4 Å². The number of nitrogens with one attached hydrogen (secondary N) is 1.